The molecule has 0 aliphatic heterocycles. The van der Waals surface area contributed by atoms with Gasteiger partial charge >= 0.3 is 0 Å². The van der Waals surface area contributed by atoms with Gasteiger partial charge in [-0.05, 0) is 19.1 Å². The van der Waals surface area contributed by atoms with Gasteiger partial charge in [0.1, 0.15) is 5.69 Å². The second kappa shape index (κ2) is 4.45. The second-order valence-electron chi connectivity index (χ2n) is 4.04. The maximum atomic E-state index is 11.9. The van der Waals surface area contributed by atoms with Gasteiger partial charge in [0.05, 0.1) is 6.26 Å². The fraction of sp³-hybridized carbons (Fsp3) is 0.250. The molecule has 0 radical (unpaired) electrons. The van der Waals surface area contributed by atoms with Gasteiger partial charge in [-0.15, -0.1) is 0 Å². The summed E-state index contributed by atoms with van der Waals surface area (Å²) in [6.45, 7) is 2.50. The van der Waals surface area contributed by atoms with E-state index in [0.29, 0.717) is 12.2 Å². The molecule has 0 saturated heterocycles. The Kier molecular flexibility index (Phi) is 3.13. The number of carbonyl (C=O) groups excluding carboxylic acids is 1. The van der Waals surface area contributed by atoms with Crippen LogP contribution >= 0.6 is 0 Å². The smallest absolute Gasteiger partial charge is 0.281 e. The van der Waals surface area contributed by atoms with E-state index in [9.17, 15) is 13.2 Å². The molecule has 2 aromatic rings. The summed E-state index contributed by atoms with van der Waals surface area (Å²) in [5.41, 5.74) is 1.27. The number of sulfonamides is 1. The molecule has 0 aliphatic rings. The molecule has 1 heterocycles. The molecule has 0 unspecified atom stereocenters. The molecule has 1 aromatic heterocycles. The van der Waals surface area contributed by atoms with Crippen molar-refractivity contribution in [2.75, 3.05) is 6.26 Å². The van der Waals surface area contributed by atoms with Gasteiger partial charge in [0.25, 0.3) is 5.91 Å². The number of para-hydroxylation sites is 1. The third kappa shape index (κ3) is 2.38. The lowest BCUT2D eigenvalue weighted by Crippen LogP contribution is -2.30. The van der Waals surface area contributed by atoms with Gasteiger partial charge in [-0.3, -0.25) is 4.79 Å². The van der Waals surface area contributed by atoms with Crippen molar-refractivity contribution in [2.45, 2.75) is 13.5 Å². The third-order valence-corrected chi connectivity index (χ3v) is 3.19. The molecule has 0 saturated carbocycles. The van der Waals surface area contributed by atoms with E-state index in [2.05, 4.69) is 0 Å². The number of hydrogen-bond acceptors (Lipinski definition) is 3. The molecule has 5 nitrogen and oxygen atoms in total. The van der Waals surface area contributed by atoms with Crippen LogP contribution in [0, 0.1) is 0 Å². The maximum absolute atomic E-state index is 11.9. The number of carbonyl (C=O) groups is 1. The van der Waals surface area contributed by atoms with E-state index in [4.69, 9.17) is 0 Å². The van der Waals surface area contributed by atoms with Crippen LogP contribution in [0.2, 0.25) is 0 Å². The summed E-state index contributed by atoms with van der Waals surface area (Å²) in [6, 6.07) is 9.24. The topological polar surface area (TPSA) is 68.2 Å². The van der Waals surface area contributed by atoms with Gasteiger partial charge in [-0.2, -0.15) is 0 Å². The predicted molar refractivity (Wildman–Crippen MR) is 69.9 cm³/mol. The minimum atomic E-state index is -3.55. The van der Waals surface area contributed by atoms with Gasteiger partial charge in [0.2, 0.25) is 10.0 Å². The zero-order chi connectivity index (χ0) is 13.3. The van der Waals surface area contributed by atoms with Crippen LogP contribution in [0.25, 0.3) is 10.9 Å². The zero-order valence-corrected chi connectivity index (χ0v) is 11.0. The first-order valence-electron chi connectivity index (χ1n) is 5.53. The van der Waals surface area contributed by atoms with Crippen LogP contribution < -0.4 is 4.72 Å². The van der Waals surface area contributed by atoms with Crippen LogP contribution in [-0.2, 0) is 16.6 Å². The highest BCUT2D eigenvalue weighted by Gasteiger charge is 2.17. The molecule has 96 valence electrons. The van der Waals surface area contributed by atoms with Crippen LogP contribution in [0.15, 0.2) is 30.3 Å². The normalized spacial score (nSPS) is 11.7. The van der Waals surface area contributed by atoms with Crippen LogP contribution in [-0.4, -0.2) is 25.1 Å². The number of rotatable bonds is 3. The Morgan fingerprint density at radius 2 is 2.00 bits per heavy atom. The predicted octanol–water partition coefficient (Wildman–Crippen LogP) is 1.35. The molecule has 0 bridgehead atoms. The average Bonchev–Trinajstić information content (AvgIpc) is 2.65. The quantitative estimate of drug-likeness (QED) is 0.911. The first-order valence-corrected chi connectivity index (χ1v) is 7.42. The molecule has 1 N–H and O–H groups in total. The first kappa shape index (κ1) is 12.6. The highest BCUT2D eigenvalue weighted by molar-refractivity contribution is 7.89. The monoisotopic (exact) mass is 266 g/mol. The second-order valence-corrected chi connectivity index (χ2v) is 5.78. The van der Waals surface area contributed by atoms with Crippen molar-refractivity contribution in [3.8, 4) is 0 Å². The van der Waals surface area contributed by atoms with Crippen molar-refractivity contribution in [3.63, 3.8) is 0 Å². The molecule has 1 aromatic carbocycles. The molecule has 0 spiro atoms. The summed E-state index contributed by atoms with van der Waals surface area (Å²) in [7, 11) is -3.55. The summed E-state index contributed by atoms with van der Waals surface area (Å²) in [5.74, 6) is -0.601. The lowest BCUT2D eigenvalue weighted by Gasteiger charge is -2.07. The number of nitrogens with one attached hydrogen (secondary N) is 1. The van der Waals surface area contributed by atoms with E-state index >= 15 is 0 Å². The molecular formula is C12H14N2O3S. The van der Waals surface area contributed by atoms with Gasteiger partial charge < -0.3 is 4.57 Å². The number of aryl methyl sites for hydroxylation is 1. The highest BCUT2D eigenvalue weighted by Crippen LogP contribution is 2.19. The Morgan fingerprint density at radius 3 is 2.61 bits per heavy atom. The molecular weight excluding hydrogens is 252 g/mol. The Labute approximate surface area is 105 Å². The number of benzene rings is 1. The largest absolute Gasteiger partial charge is 0.337 e. The molecule has 0 atom stereocenters. The van der Waals surface area contributed by atoms with Gasteiger partial charge in [-0.25, -0.2) is 13.1 Å². The Hall–Kier alpha value is -1.82. The van der Waals surface area contributed by atoms with Crippen LogP contribution in [0.1, 0.15) is 17.4 Å². The van der Waals surface area contributed by atoms with Crippen LogP contribution in [0.4, 0.5) is 0 Å². The van der Waals surface area contributed by atoms with Gasteiger partial charge in [0.15, 0.2) is 0 Å². The highest BCUT2D eigenvalue weighted by atomic mass is 32.2. The minimum Gasteiger partial charge on any atom is -0.337 e. The van der Waals surface area contributed by atoms with Crippen molar-refractivity contribution in [1.82, 2.24) is 9.29 Å². The molecule has 0 aliphatic carbocycles. The van der Waals surface area contributed by atoms with E-state index in [1.807, 2.05) is 35.9 Å². The van der Waals surface area contributed by atoms with Crippen molar-refractivity contribution in [2.24, 2.45) is 0 Å². The zero-order valence-electron chi connectivity index (χ0n) is 10.2. The minimum absolute atomic E-state index is 0.351. The van der Waals surface area contributed by atoms with Crippen LogP contribution in [0.3, 0.4) is 0 Å². The lowest BCUT2D eigenvalue weighted by atomic mass is 10.2. The van der Waals surface area contributed by atoms with Crippen molar-refractivity contribution in [1.29, 1.82) is 0 Å². The van der Waals surface area contributed by atoms with Crippen LogP contribution in [0.5, 0.6) is 0 Å². The number of amides is 1. The van der Waals surface area contributed by atoms with E-state index in [1.54, 1.807) is 10.6 Å². The third-order valence-electron chi connectivity index (χ3n) is 2.64. The number of nitrogens with zero attached hydrogens (tertiary/aromatic N) is 1. The molecule has 0 fully saturated rings. The molecule has 18 heavy (non-hydrogen) atoms. The molecule has 2 rings (SSSR count). The standard InChI is InChI=1S/C12H14N2O3S/c1-3-14-10-7-5-4-6-9(10)8-11(14)12(15)13-18(2,16)17/h4-8H,3H2,1-2H3,(H,13,15). The fourth-order valence-electron chi connectivity index (χ4n) is 1.96. The summed E-state index contributed by atoms with van der Waals surface area (Å²) >= 11 is 0. The summed E-state index contributed by atoms with van der Waals surface area (Å²) < 4.78 is 25.9. The maximum Gasteiger partial charge on any atom is 0.281 e. The summed E-state index contributed by atoms with van der Waals surface area (Å²) in [4.78, 5) is 11.9. The lowest BCUT2D eigenvalue weighted by molar-refractivity contribution is 0.0973. The van der Waals surface area contributed by atoms with E-state index < -0.39 is 15.9 Å². The number of fused-ring (bicyclic) bond motifs is 1. The van der Waals surface area contributed by atoms with Crippen molar-refractivity contribution in [3.05, 3.63) is 36.0 Å². The summed E-state index contributed by atoms with van der Waals surface area (Å²) in [6.07, 6.45) is 0.962. The van der Waals surface area contributed by atoms with Crippen molar-refractivity contribution < 1.29 is 13.2 Å². The first-order chi connectivity index (χ1) is 8.42. The number of aromatic nitrogens is 1. The van der Waals surface area contributed by atoms with E-state index in [-0.39, 0.29) is 0 Å². The summed E-state index contributed by atoms with van der Waals surface area (Å²) in [5, 5.41) is 0.915. The average molecular weight is 266 g/mol. The van der Waals surface area contributed by atoms with Gasteiger partial charge in [-0.1, -0.05) is 18.2 Å². The number of hydrogen-bond donors (Lipinski definition) is 1. The molecule has 6 heteroatoms. The Bertz CT molecular complexity index is 701. The molecule has 1 amide bonds. The van der Waals surface area contributed by atoms with E-state index in [0.717, 1.165) is 17.2 Å². The van der Waals surface area contributed by atoms with Gasteiger partial charge in [0, 0.05) is 17.4 Å². The Morgan fingerprint density at radius 1 is 1.33 bits per heavy atom. The SMILES string of the molecule is CCn1c(C(=O)NS(C)(=O)=O)cc2ccccc21. The Balaban J connectivity index is 2.54. The fourth-order valence-corrected chi connectivity index (χ4v) is 2.40. The van der Waals surface area contributed by atoms with Crippen molar-refractivity contribution >= 4 is 26.8 Å². The van der Waals surface area contributed by atoms with E-state index in [1.165, 1.54) is 0 Å².